The Morgan fingerprint density at radius 2 is 1.86 bits per heavy atom. The number of methoxy groups -OCH3 is 2. The third-order valence-corrected chi connectivity index (χ3v) is 1.90. The first kappa shape index (κ1) is 13.8. The predicted octanol–water partition coefficient (Wildman–Crippen LogP) is 1.52. The maximum absolute atomic E-state index is 8.60. The van der Waals surface area contributed by atoms with E-state index in [0.717, 1.165) is 13.0 Å². The molecule has 0 saturated carbocycles. The summed E-state index contributed by atoms with van der Waals surface area (Å²) >= 11 is 0. The summed E-state index contributed by atoms with van der Waals surface area (Å²) in [6.07, 6.45) is 3.60. The lowest BCUT2D eigenvalue weighted by molar-refractivity contribution is -0.155. The average Bonchev–Trinajstić information content (AvgIpc) is 2.19. The van der Waals surface area contributed by atoms with Crippen LogP contribution in [0.15, 0.2) is 0 Å². The van der Waals surface area contributed by atoms with E-state index in [1.165, 1.54) is 20.0 Å². The summed E-state index contributed by atoms with van der Waals surface area (Å²) in [5, 5.41) is 8.60. The van der Waals surface area contributed by atoms with E-state index in [4.69, 9.17) is 14.6 Å². The molecule has 0 radical (unpaired) electrons. The lowest BCUT2D eigenvalue weighted by Gasteiger charge is -2.20. The smallest absolute Gasteiger partial charge is 0.159 e. The fourth-order valence-electron chi connectivity index (χ4n) is 0.897. The van der Waals surface area contributed by atoms with Crippen LogP contribution in [0.4, 0.5) is 0 Å². The van der Waals surface area contributed by atoms with Crippen LogP contribution in [0.25, 0.3) is 0 Å². The molecule has 1 aliphatic heterocycles. The lowest BCUT2D eigenvalue weighted by Crippen LogP contribution is -2.20. The van der Waals surface area contributed by atoms with Gasteiger partial charge in [0.25, 0.3) is 0 Å². The standard InChI is InChI=1S/C6H12O2.C4H10O2/c1-7-6-4-2-3-5-8-6;1-4(2,5)6-3/h6H,2-5H2,1H3;5H,1-3H3. The second-order valence-corrected chi connectivity index (χ2v) is 3.68. The van der Waals surface area contributed by atoms with Crippen LogP contribution < -0.4 is 0 Å². The van der Waals surface area contributed by atoms with E-state index in [-0.39, 0.29) is 6.29 Å². The van der Waals surface area contributed by atoms with Gasteiger partial charge in [0.15, 0.2) is 12.1 Å². The van der Waals surface area contributed by atoms with Crippen molar-refractivity contribution < 1.29 is 19.3 Å². The first-order valence-corrected chi connectivity index (χ1v) is 4.91. The van der Waals surface area contributed by atoms with E-state index in [2.05, 4.69) is 4.74 Å². The van der Waals surface area contributed by atoms with Crippen molar-refractivity contribution in [2.24, 2.45) is 0 Å². The summed E-state index contributed by atoms with van der Waals surface area (Å²) in [6, 6.07) is 0. The van der Waals surface area contributed by atoms with Crippen molar-refractivity contribution in [3.63, 3.8) is 0 Å². The molecule has 1 rings (SSSR count). The molecule has 0 aromatic rings. The summed E-state index contributed by atoms with van der Waals surface area (Å²) in [5.74, 6) is -0.958. The third-order valence-electron chi connectivity index (χ3n) is 1.90. The number of hydrogen-bond acceptors (Lipinski definition) is 4. The summed E-state index contributed by atoms with van der Waals surface area (Å²) in [5.41, 5.74) is 0. The minimum Gasteiger partial charge on any atom is -0.366 e. The van der Waals surface area contributed by atoms with Gasteiger partial charge < -0.3 is 19.3 Å². The van der Waals surface area contributed by atoms with Crippen molar-refractivity contribution in [2.75, 3.05) is 20.8 Å². The van der Waals surface area contributed by atoms with Crippen molar-refractivity contribution >= 4 is 0 Å². The Kier molecular flexibility index (Phi) is 7.09. The van der Waals surface area contributed by atoms with E-state index >= 15 is 0 Å². The number of ether oxygens (including phenoxy) is 3. The van der Waals surface area contributed by atoms with Gasteiger partial charge in [0, 0.05) is 20.8 Å². The van der Waals surface area contributed by atoms with E-state index in [1.54, 1.807) is 21.0 Å². The summed E-state index contributed by atoms with van der Waals surface area (Å²) in [4.78, 5) is 0. The lowest BCUT2D eigenvalue weighted by atomic mass is 10.2. The monoisotopic (exact) mass is 206 g/mol. The number of rotatable bonds is 2. The highest BCUT2D eigenvalue weighted by Gasteiger charge is 2.10. The van der Waals surface area contributed by atoms with Crippen molar-refractivity contribution in [1.29, 1.82) is 0 Å². The minimum atomic E-state index is -0.958. The van der Waals surface area contributed by atoms with Gasteiger partial charge in [-0.15, -0.1) is 0 Å². The summed E-state index contributed by atoms with van der Waals surface area (Å²) < 4.78 is 14.7. The van der Waals surface area contributed by atoms with Gasteiger partial charge >= 0.3 is 0 Å². The average molecular weight is 206 g/mol. The molecule has 0 aliphatic carbocycles. The molecule has 1 saturated heterocycles. The third kappa shape index (κ3) is 8.44. The van der Waals surface area contributed by atoms with E-state index in [1.807, 2.05) is 0 Å². The van der Waals surface area contributed by atoms with Crippen LogP contribution in [0.3, 0.4) is 0 Å². The zero-order valence-electron chi connectivity index (χ0n) is 9.58. The van der Waals surface area contributed by atoms with Gasteiger partial charge in [-0.1, -0.05) is 0 Å². The first-order chi connectivity index (χ1) is 6.49. The molecule has 0 aromatic heterocycles. The normalized spacial score (nSPS) is 22.5. The Bertz CT molecular complexity index is 125. The van der Waals surface area contributed by atoms with Gasteiger partial charge in [-0.05, 0) is 33.1 Å². The topological polar surface area (TPSA) is 47.9 Å². The van der Waals surface area contributed by atoms with Crippen molar-refractivity contribution in [3.05, 3.63) is 0 Å². The molecule has 0 bridgehead atoms. The Labute approximate surface area is 86.2 Å². The Morgan fingerprint density at radius 3 is 2.07 bits per heavy atom. The molecule has 1 heterocycles. The molecular weight excluding hydrogens is 184 g/mol. The second-order valence-electron chi connectivity index (χ2n) is 3.68. The molecule has 86 valence electrons. The van der Waals surface area contributed by atoms with E-state index in [0.29, 0.717) is 0 Å². The SMILES string of the molecule is COC(C)(C)O.COC1CCCCO1. The van der Waals surface area contributed by atoms with Gasteiger partial charge in [-0.25, -0.2) is 0 Å². The van der Waals surface area contributed by atoms with Gasteiger partial charge in [0.1, 0.15) is 0 Å². The highest BCUT2D eigenvalue weighted by Crippen LogP contribution is 2.11. The number of hydrogen-bond donors (Lipinski definition) is 1. The first-order valence-electron chi connectivity index (χ1n) is 4.91. The fraction of sp³-hybridized carbons (Fsp3) is 1.00. The molecule has 1 unspecified atom stereocenters. The minimum absolute atomic E-state index is 0.0868. The molecule has 4 nitrogen and oxygen atoms in total. The highest BCUT2D eigenvalue weighted by atomic mass is 16.7. The number of aliphatic hydroxyl groups is 1. The quantitative estimate of drug-likeness (QED) is 0.696. The molecule has 1 atom stereocenters. The summed E-state index contributed by atoms with van der Waals surface area (Å²) in [7, 11) is 3.15. The van der Waals surface area contributed by atoms with Crippen LogP contribution in [0.5, 0.6) is 0 Å². The Hall–Kier alpha value is -0.160. The molecule has 1 N–H and O–H groups in total. The predicted molar refractivity (Wildman–Crippen MR) is 53.9 cm³/mol. The highest BCUT2D eigenvalue weighted by molar-refractivity contribution is 4.52. The fourth-order valence-corrected chi connectivity index (χ4v) is 0.897. The van der Waals surface area contributed by atoms with Crippen LogP contribution in [-0.2, 0) is 14.2 Å². The van der Waals surface area contributed by atoms with Crippen LogP contribution in [0, 0.1) is 0 Å². The van der Waals surface area contributed by atoms with Crippen LogP contribution in [-0.4, -0.2) is 38.0 Å². The van der Waals surface area contributed by atoms with Crippen LogP contribution in [0.1, 0.15) is 33.1 Å². The molecule has 4 heteroatoms. The summed E-state index contributed by atoms with van der Waals surface area (Å²) in [6.45, 7) is 4.03. The Morgan fingerprint density at radius 1 is 1.29 bits per heavy atom. The molecule has 1 aliphatic rings. The largest absolute Gasteiger partial charge is 0.366 e. The molecule has 1 fully saturated rings. The van der Waals surface area contributed by atoms with Crippen molar-refractivity contribution in [2.45, 2.75) is 45.2 Å². The van der Waals surface area contributed by atoms with Crippen molar-refractivity contribution in [3.8, 4) is 0 Å². The molecule has 0 aromatic carbocycles. The van der Waals surface area contributed by atoms with Gasteiger partial charge in [-0.3, -0.25) is 0 Å². The van der Waals surface area contributed by atoms with E-state index < -0.39 is 5.79 Å². The Balaban J connectivity index is 0.000000255. The van der Waals surface area contributed by atoms with Crippen LogP contribution in [0.2, 0.25) is 0 Å². The maximum Gasteiger partial charge on any atom is 0.159 e. The van der Waals surface area contributed by atoms with Gasteiger partial charge in [0.05, 0.1) is 0 Å². The molecular formula is C10H22O4. The van der Waals surface area contributed by atoms with Crippen LogP contribution >= 0.6 is 0 Å². The van der Waals surface area contributed by atoms with Crippen molar-refractivity contribution in [1.82, 2.24) is 0 Å². The molecule has 14 heavy (non-hydrogen) atoms. The zero-order chi connectivity index (χ0) is 11.0. The van der Waals surface area contributed by atoms with Gasteiger partial charge in [-0.2, -0.15) is 0 Å². The zero-order valence-corrected chi connectivity index (χ0v) is 9.58. The van der Waals surface area contributed by atoms with Gasteiger partial charge in [0.2, 0.25) is 0 Å². The molecule has 0 amide bonds. The molecule has 0 spiro atoms. The second kappa shape index (κ2) is 7.17. The van der Waals surface area contributed by atoms with E-state index in [9.17, 15) is 0 Å². The maximum atomic E-state index is 8.60.